The van der Waals surface area contributed by atoms with Gasteiger partial charge in [0.2, 0.25) is 5.91 Å². The molecule has 138 valence electrons. The van der Waals surface area contributed by atoms with E-state index in [1.165, 1.54) is 18.7 Å². The number of hydrogen-bond donors (Lipinski definition) is 1. The van der Waals surface area contributed by atoms with Crippen LogP contribution in [0.4, 0.5) is 5.69 Å². The van der Waals surface area contributed by atoms with Gasteiger partial charge in [0.1, 0.15) is 11.6 Å². The standard InChI is InChI=1S/C20H26N4O2/c1-15(25)23-9-11-24(12-10-23)19(26)16(13-21)14-22-18-7-5-17(6-8-18)20(2,3)4/h5-8,14,22H,9-12H2,1-4H3/b16-14-. The fraction of sp³-hybridized carbons (Fsp3) is 0.450. The number of carbonyl (C=O) groups is 2. The maximum absolute atomic E-state index is 12.5. The first-order valence-corrected chi connectivity index (χ1v) is 8.74. The van der Waals surface area contributed by atoms with E-state index >= 15 is 0 Å². The van der Waals surface area contributed by atoms with Gasteiger partial charge in [0.25, 0.3) is 5.91 Å². The highest BCUT2D eigenvalue weighted by atomic mass is 16.2. The Bertz CT molecular complexity index is 731. The van der Waals surface area contributed by atoms with Crippen molar-refractivity contribution in [1.29, 1.82) is 5.26 Å². The lowest BCUT2D eigenvalue weighted by molar-refractivity contribution is -0.136. The molecule has 2 rings (SSSR count). The van der Waals surface area contributed by atoms with Crippen molar-refractivity contribution in [3.05, 3.63) is 41.6 Å². The second-order valence-corrected chi connectivity index (χ2v) is 7.44. The Hall–Kier alpha value is -2.81. The number of piperazine rings is 1. The summed E-state index contributed by atoms with van der Waals surface area (Å²) < 4.78 is 0. The molecular weight excluding hydrogens is 328 g/mol. The second kappa shape index (κ2) is 8.05. The van der Waals surface area contributed by atoms with Crippen molar-refractivity contribution in [3.63, 3.8) is 0 Å². The van der Waals surface area contributed by atoms with E-state index in [-0.39, 0.29) is 22.8 Å². The summed E-state index contributed by atoms with van der Waals surface area (Å²) in [5.41, 5.74) is 2.16. The lowest BCUT2D eigenvalue weighted by Gasteiger charge is -2.34. The summed E-state index contributed by atoms with van der Waals surface area (Å²) in [4.78, 5) is 27.2. The number of benzene rings is 1. The summed E-state index contributed by atoms with van der Waals surface area (Å²) in [6.45, 7) is 9.85. The number of rotatable bonds is 3. The van der Waals surface area contributed by atoms with Gasteiger partial charge in [-0.3, -0.25) is 9.59 Å². The summed E-state index contributed by atoms with van der Waals surface area (Å²) >= 11 is 0. The minimum absolute atomic E-state index is 0.00789. The zero-order valence-electron chi connectivity index (χ0n) is 15.9. The van der Waals surface area contributed by atoms with E-state index in [4.69, 9.17) is 0 Å². The molecular formula is C20H26N4O2. The monoisotopic (exact) mass is 354 g/mol. The molecule has 0 atom stereocenters. The van der Waals surface area contributed by atoms with Crippen LogP contribution in [0.5, 0.6) is 0 Å². The third kappa shape index (κ3) is 4.85. The largest absolute Gasteiger partial charge is 0.360 e. The molecule has 0 aliphatic carbocycles. The Morgan fingerprint density at radius 3 is 2.08 bits per heavy atom. The minimum atomic E-state index is -0.311. The van der Waals surface area contributed by atoms with E-state index in [0.717, 1.165) is 5.69 Å². The summed E-state index contributed by atoms with van der Waals surface area (Å²) in [5.74, 6) is -0.303. The van der Waals surface area contributed by atoms with Crippen LogP contribution in [0.1, 0.15) is 33.3 Å². The van der Waals surface area contributed by atoms with E-state index in [0.29, 0.717) is 26.2 Å². The summed E-state index contributed by atoms with van der Waals surface area (Å²) in [7, 11) is 0. The van der Waals surface area contributed by atoms with Crippen LogP contribution in [0.25, 0.3) is 0 Å². The fourth-order valence-corrected chi connectivity index (χ4v) is 2.76. The molecule has 0 saturated carbocycles. The van der Waals surface area contributed by atoms with Crippen LogP contribution >= 0.6 is 0 Å². The van der Waals surface area contributed by atoms with Gasteiger partial charge in [-0.1, -0.05) is 32.9 Å². The van der Waals surface area contributed by atoms with Crippen LogP contribution < -0.4 is 5.32 Å². The van der Waals surface area contributed by atoms with Crippen LogP contribution in [0.3, 0.4) is 0 Å². The number of anilines is 1. The first kappa shape index (κ1) is 19.5. The maximum atomic E-state index is 12.5. The molecule has 1 heterocycles. The van der Waals surface area contributed by atoms with Crippen LogP contribution in [-0.2, 0) is 15.0 Å². The SMILES string of the molecule is CC(=O)N1CCN(C(=O)/C(C#N)=C\Nc2ccc(C(C)(C)C)cc2)CC1. The molecule has 1 aliphatic rings. The summed E-state index contributed by atoms with van der Waals surface area (Å²) in [5, 5.41) is 12.4. The highest BCUT2D eigenvalue weighted by molar-refractivity contribution is 5.97. The number of nitrogens with one attached hydrogen (secondary N) is 1. The molecule has 0 unspecified atom stereocenters. The van der Waals surface area contributed by atoms with Gasteiger partial charge in [-0.25, -0.2) is 0 Å². The molecule has 0 bridgehead atoms. The average molecular weight is 354 g/mol. The smallest absolute Gasteiger partial charge is 0.266 e. The Balaban J connectivity index is 2.00. The Morgan fingerprint density at radius 1 is 1.08 bits per heavy atom. The van der Waals surface area contributed by atoms with Gasteiger partial charge < -0.3 is 15.1 Å². The molecule has 0 spiro atoms. The predicted octanol–water partition coefficient (Wildman–Crippen LogP) is 2.49. The highest BCUT2D eigenvalue weighted by Crippen LogP contribution is 2.23. The first-order valence-electron chi connectivity index (χ1n) is 8.74. The van der Waals surface area contributed by atoms with Gasteiger partial charge >= 0.3 is 0 Å². The third-order valence-electron chi connectivity index (χ3n) is 4.50. The molecule has 6 nitrogen and oxygen atoms in total. The number of hydrogen-bond acceptors (Lipinski definition) is 4. The van der Waals surface area contributed by atoms with Crippen LogP contribution in [0.2, 0.25) is 0 Å². The molecule has 1 aliphatic heterocycles. The van der Waals surface area contributed by atoms with Crippen molar-refractivity contribution in [2.75, 3.05) is 31.5 Å². The average Bonchev–Trinajstić information content (AvgIpc) is 2.61. The number of carbonyl (C=O) groups excluding carboxylic acids is 2. The van der Waals surface area contributed by atoms with Crippen molar-refractivity contribution in [2.45, 2.75) is 33.1 Å². The Kier molecular flexibility index (Phi) is 6.04. The van der Waals surface area contributed by atoms with Gasteiger partial charge in [-0.15, -0.1) is 0 Å². The normalized spacial score (nSPS) is 15.4. The van der Waals surface area contributed by atoms with E-state index in [2.05, 4.69) is 26.1 Å². The highest BCUT2D eigenvalue weighted by Gasteiger charge is 2.24. The molecule has 1 aromatic carbocycles. The van der Waals surface area contributed by atoms with E-state index < -0.39 is 0 Å². The number of amides is 2. The third-order valence-corrected chi connectivity index (χ3v) is 4.50. The van der Waals surface area contributed by atoms with Crippen molar-refractivity contribution in [2.24, 2.45) is 0 Å². The van der Waals surface area contributed by atoms with Crippen molar-refractivity contribution in [3.8, 4) is 6.07 Å². The van der Waals surface area contributed by atoms with Crippen molar-refractivity contribution < 1.29 is 9.59 Å². The molecule has 1 N–H and O–H groups in total. The van der Waals surface area contributed by atoms with Crippen LogP contribution in [-0.4, -0.2) is 47.8 Å². The lowest BCUT2D eigenvalue weighted by Crippen LogP contribution is -2.50. The van der Waals surface area contributed by atoms with Gasteiger partial charge in [0.15, 0.2) is 0 Å². The number of nitriles is 1. The molecule has 6 heteroatoms. The molecule has 1 fully saturated rings. The maximum Gasteiger partial charge on any atom is 0.266 e. The lowest BCUT2D eigenvalue weighted by atomic mass is 9.87. The second-order valence-electron chi connectivity index (χ2n) is 7.44. The summed E-state index contributed by atoms with van der Waals surface area (Å²) in [6.07, 6.45) is 1.45. The first-order chi connectivity index (χ1) is 12.2. The van der Waals surface area contributed by atoms with Crippen LogP contribution in [0.15, 0.2) is 36.0 Å². The molecule has 1 saturated heterocycles. The Labute approximate surface area is 155 Å². The van der Waals surface area contributed by atoms with Gasteiger partial charge in [0, 0.05) is 45.0 Å². The van der Waals surface area contributed by atoms with Crippen molar-refractivity contribution >= 4 is 17.5 Å². The predicted molar refractivity (Wildman–Crippen MR) is 101 cm³/mol. The van der Waals surface area contributed by atoms with Gasteiger partial charge in [-0.2, -0.15) is 5.26 Å². The number of nitrogens with zero attached hydrogens (tertiary/aromatic N) is 3. The molecule has 1 aromatic rings. The zero-order valence-corrected chi connectivity index (χ0v) is 15.9. The van der Waals surface area contributed by atoms with Gasteiger partial charge in [-0.05, 0) is 23.1 Å². The fourth-order valence-electron chi connectivity index (χ4n) is 2.76. The van der Waals surface area contributed by atoms with E-state index in [9.17, 15) is 14.9 Å². The zero-order chi connectivity index (χ0) is 19.3. The quantitative estimate of drug-likeness (QED) is 0.668. The molecule has 26 heavy (non-hydrogen) atoms. The van der Waals surface area contributed by atoms with E-state index in [1.807, 2.05) is 30.3 Å². The van der Waals surface area contributed by atoms with Crippen molar-refractivity contribution in [1.82, 2.24) is 9.80 Å². The van der Waals surface area contributed by atoms with E-state index in [1.54, 1.807) is 9.80 Å². The van der Waals surface area contributed by atoms with Gasteiger partial charge in [0.05, 0.1) is 0 Å². The summed E-state index contributed by atoms with van der Waals surface area (Å²) in [6, 6.07) is 9.90. The molecule has 0 radical (unpaired) electrons. The topological polar surface area (TPSA) is 76.4 Å². The minimum Gasteiger partial charge on any atom is -0.360 e. The Morgan fingerprint density at radius 2 is 1.62 bits per heavy atom. The van der Waals surface area contributed by atoms with Crippen LogP contribution in [0, 0.1) is 11.3 Å². The molecule has 0 aromatic heterocycles. The molecule has 2 amide bonds.